The van der Waals surface area contributed by atoms with Crippen molar-refractivity contribution < 1.29 is 13.5 Å². The van der Waals surface area contributed by atoms with Crippen LogP contribution in [0, 0.1) is 31.1 Å². The molecule has 144 valence electrons. The summed E-state index contributed by atoms with van der Waals surface area (Å²) in [6.07, 6.45) is -0.549. The summed E-state index contributed by atoms with van der Waals surface area (Å²) in [6.45, 7) is 7.42. The Kier molecular flexibility index (Phi) is 5.71. The average molecular weight is 398 g/mol. The third-order valence-corrected chi connectivity index (χ3v) is 5.24. The number of rotatable bonds is 5. The van der Waals surface area contributed by atoms with Crippen molar-refractivity contribution >= 4 is 22.7 Å². The largest absolute Gasteiger partial charge is 0.483 e. The van der Waals surface area contributed by atoms with Crippen LogP contribution in [0.15, 0.2) is 38.6 Å². The molecular weight excluding hydrogens is 379 g/mol. The fraction of sp³-hybridized carbons (Fsp3) is 0.286. The SMILES string of the molecule is CCSc1oc2c([C@@H](C)Oc3ccc(F)nc3C#N)cc(C)cc2c(=O)c1C. The molecule has 5 nitrogen and oxygen atoms in total. The number of hydrogen-bond acceptors (Lipinski definition) is 6. The first-order chi connectivity index (χ1) is 13.3. The summed E-state index contributed by atoms with van der Waals surface area (Å²) >= 11 is 1.46. The van der Waals surface area contributed by atoms with Crippen LogP contribution in [0.4, 0.5) is 4.39 Å². The van der Waals surface area contributed by atoms with Crippen molar-refractivity contribution in [3.8, 4) is 11.8 Å². The van der Waals surface area contributed by atoms with Crippen molar-refractivity contribution in [3.63, 3.8) is 0 Å². The number of nitriles is 1. The first-order valence-electron chi connectivity index (χ1n) is 8.79. The second-order valence-electron chi connectivity index (χ2n) is 6.36. The lowest BCUT2D eigenvalue weighted by atomic mass is 10.0. The van der Waals surface area contributed by atoms with Gasteiger partial charge in [-0.1, -0.05) is 18.7 Å². The third-order valence-electron chi connectivity index (χ3n) is 4.30. The molecule has 0 spiro atoms. The van der Waals surface area contributed by atoms with E-state index in [-0.39, 0.29) is 16.9 Å². The molecule has 0 fully saturated rings. The highest BCUT2D eigenvalue weighted by atomic mass is 32.2. The van der Waals surface area contributed by atoms with Gasteiger partial charge in [0.2, 0.25) is 5.95 Å². The molecule has 3 rings (SSSR count). The molecule has 0 unspecified atom stereocenters. The van der Waals surface area contributed by atoms with Crippen molar-refractivity contribution in [2.75, 3.05) is 5.75 Å². The molecule has 1 atom stereocenters. The van der Waals surface area contributed by atoms with Gasteiger partial charge in [0.25, 0.3) is 0 Å². The van der Waals surface area contributed by atoms with Crippen molar-refractivity contribution in [3.05, 3.63) is 62.8 Å². The van der Waals surface area contributed by atoms with E-state index >= 15 is 0 Å². The summed E-state index contributed by atoms with van der Waals surface area (Å²) in [6, 6.07) is 8.02. The highest BCUT2D eigenvalue weighted by molar-refractivity contribution is 7.99. The molecule has 0 radical (unpaired) electrons. The Morgan fingerprint density at radius 3 is 2.79 bits per heavy atom. The van der Waals surface area contributed by atoms with Crippen molar-refractivity contribution in [2.24, 2.45) is 0 Å². The zero-order chi connectivity index (χ0) is 20.4. The molecule has 0 aliphatic rings. The van der Waals surface area contributed by atoms with E-state index in [4.69, 9.17) is 9.15 Å². The lowest BCUT2D eigenvalue weighted by Crippen LogP contribution is -2.11. The second-order valence-corrected chi connectivity index (χ2v) is 7.60. The minimum Gasteiger partial charge on any atom is -0.483 e. The number of ether oxygens (including phenoxy) is 1. The summed E-state index contributed by atoms with van der Waals surface area (Å²) in [5.41, 5.74) is 2.40. The Morgan fingerprint density at radius 2 is 2.11 bits per heavy atom. The van der Waals surface area contributed by atoms with E-state index in [9.17, 15) is 14.4 Å². The van der Waals surface area contributed by atoms with Crippen LogP contribution in [-0.2, 0) is 0 Å². The molecule has 7 heteroatoms. The number of halogens is 1. The smallest absolute Gasteiger partial charge is 0.214 e. The molecule has 2 heterocycles. The zero-order valence-corrected chi connectivity index (χ0v) is 16.8. The summed E-state index contributed by atoms with van der Waals surface area (Å²) in [7, 11) is 0. The van der Waals surface area contributed by atoms with Gasteiger partial charge in [-0.25, -0.2) is 4.98 Å². The Labute approximate surface area is 166 Å². The summed E-state index contributed by atoms with van der Waals surface area (Å²) in [5, 5.41) is 10.3. The standard InChI is InChI=1S/C21H19FN2O3S/c1-5-28-21-12(3)19(25)15-9-11(2)8-14(20(15)27-21)13(4)26-17-6-7-18(22)24-16(17)10-23/h6-9,13H,5H2,1-4H3/t13-/m1/s1. The molecule has 0 bridgehead atoms. The van der Waals surface area contributed by atoms with Gasteiger partial charge in [0.1, 0.15) is 17.8 Å². The van der Waals surface area contributed by atoms with Gasteiger partial charge >= 0.3 is 0 Å². The van der Waals surface area contributed by atoms with Crippen LogP contribution in [0.5, 0.6) is 5.75 Å². The van der Waals surface area contributed by atoms with E-state index in [1.165, 1.54) is 17.8 Å². The fourth-order valence-electron chi connectivity index (χ4n) is 2.97. The van der Waals surface area contributed by atoms with Crippen molar-refractivity contribution in [1.82, 2.24) is 4.98 Å². The highest BCUT2D eigenvalue weighted by Crippen LogP contribution is 2.32. The molecule has 1 aromatic carbocycles. The zero-order valence-electron chi connectivity index (χ0n) is 16.0. The van der Waals surface area contributed by atoms with Crippen LogP contribution in [-0.4, -0.2) is 10.7 Å². The number of thioether (sulfide) groups is 1. The van der Waals surface area contributed by atoms with E-state index in [0.29, 0.717) is 27.2 Å². The van der Waals surface area contributed by atoms with E-state index in [1.54, 1.807) is 19.9 Å². The molecule has 0 aliphatic carbocycles. The molecule has 28 heavy (non-hydrogen) atoms. The number of pyridine rings is 1. The molecule has 3 aromatic rings. The second kappa shape index (κ2) is 8.03. The summed E-state index contributed by atoms with van der Waals surface area (Å²) in [4.78, 5) is 16.4. The van der Waals surface area contributed by atoms with Gasteiger partial charge in [-0.3, -0.25) is 4.79 Å². The summed E-state index contributed by atoms with van der Waals surface area (Å²) in [5.74, 6) is 0.193. The van der Waals surface area contributed by atoms with Crippen LogP contribution in [0.25, 0.3) is 11.0 Å². The van der Waals surface area contributed by atoms with Crippen LogP contribution in [0.2, 0.25) is 0 Å². The maximum atomic E-state index is 13.3. The predicted octanol–water partition coefficient (Wildman–Crippen LogP) is 5.07. The number of hydrogen-bond donors (Lipinski definition) is 0. The van der Waals surface area contributed by atoms with Gasteiger partial charge in [-0.05, 0) is 56.4 Å². The maximum absolute atomic E-state index is 13.3. The van der Waals surface area contributed by atoms with Gasteiger partial charge in [0.05, 0.1) is 5.39 Å². The van der Waals surface area contributed by atoms with Crippen molar-refractivity contribution in [2.45, 2.75) is 38.9 Å². The van der Waals surface area contributed by atoms with Gasteiger partial charge in [0.15, 0.2) is 22.0 Å². The number of nitrogens with zero attached hydrogens (tertiary/aromatic N) is 2. The lowest BCUT2D eigenvalue weighted by molar-refractivity contribution is 0.224. The van der Waals surface area contributed by atoms with Gasteiger partial charge in [-0.2, -0.15) is 9.65 Å². The van der Waals surface area contributed by atoms with Crippen molar-refractivity contribution in [1.29, 1.82) is 5.26 Å². The quantitative estimate of drug-likeness (QED) is 0.441. The first-order valence-corrected chi connectivity index (χ1v) is 9.78. The first kappa shape index (κ1) is 19.9. The van der Waals surface area contributed by atoms with E-state index in [1.807, 2.05) is 26.0 Å². The highest BCUT2D eigenvalue weighted by Gasteiger charge is 2.20. The number of aromatic nitrogens is 1. The lowest BCUT2D eigenvalue weighted by Gasteiger charge is -2.18. The Morgan fingerprint density at radius 1 is 1.36 bits per heavy atom. The predicted molar refractivity (Wildman–Crippen MR) is 106 cm³/mol. The number of aryl methyl sites for hydroxylation is 1. The van der Waals surface area contributed by atoms with Crippen LogP contribution in [0.1, 0.15) is 42.3 Å². The van der Waals surface area contributed by atoms with E-state index in [0.717, 1.165) is 17.4 Å². The van der Waals surface area contributed by atoms with Gasteiger partial charge < -0.3 is 9.15 Å². The number of benzene rings is 1. The maximum Gasteiger partial charge on any atom is 0.214 e. The van der Waals surface area contributed by atoms with Gasteiger partial charge in [-0.15, -0.1) is 0 Å². The molecule has 0 saturated heterocycles. The normalized spacial score (nSPS) is 12.0. The summed E-state index contributed by atoms with van der Waals surface area (Å²) < 4.78 is 25.3. The van der Waals surface area contributed by atoms with Crippen LogP contribution < -0.4 is 10.2 Å². The molecular formula is C21H19FN2O3S. The molecule has 0 N–H and O–H groups in total. The number of fused-ring (bicyclic) bond motifs is 1. The Bertz CT molecular complexity index is 1150. The van der Waals surface area contributed by atoms with E-state index in [2.05, 4.69) is 4.98 Å². The third kappa shape index (κ3) is 3.73. The topological polar surface area (TPSA) is 76.1 Å². The monoisotopic (exact) mass is 398 g/mol. The molecule has 0 saturated carbocycles. The fourth-order valence-corrected chi connectivity index (χ4v) is 3.68. The minimum atomic E-state index is -0.750. The molecule has 2 aromatic heterocycles. The van der Waals surface area contributed by atoms with Crippen LogP contribution in [0.3, 0.4) is 0 Å². The van der Waals surface area contributed by atoms with Crippen LogP contribution >= 0.6 is 11.8 Å². The molecule has 0 amide bonds. The van der Waals surface area contributed by atoms with E-state index < -0.39 is 12.1 Å². The average Bonchev–Trinajstić information content (AvgIpc) is 2.67. The van der Waals surface area contributed by atoms with Gasteiger partial charge in [0, 0.05) is 11.1 Å². The molecule has 0 aliphatic heterocycles. The Hall–Kier alpha value is -2.85. The Balaban J connectivity index is 2.14. The minimum absolute atomic E-state index is 0.0736.